The van der Waals surface area contributed by atoms with Crippen LogP contribution in [0.5, 0.6) is 0 Å². The number of aromatic nitrogens is 1. The van der Waals surface area contributed by atoms with E-state index < -0.39 is 5.91 Å². The molecule has 0 saturated heterocycles. The molecule has 4 nitrogen and oxygen atoms in total. The summed E-state index contributed by atoms with van der Waals surface area (Å²) in [6.45, 7) is 4.88. The molecule has 0 radical (unpaired) electrons. The average Bonchev–Trinajstić information content (AvgIpc) is 2.67. The van der Waals surface area contributed by atoms with Crippen LogP contribution in [0.4, 0.5) is 0 Å². The van der Waals surface area contributed by atoms with Gasteiger partial charge in [0.15, 0.2) is 0 Å². The molecule has 1 amide bonds. The van der Waals surface area contributed by atoms with E-state index in [0.29, 0.717) is 18.0 Å². The van der Waals surface area contributed by atoms with Crippen LogP contribution in [0.25, 0.3) is 22.4 Å². The number of hydrogen-bond acceptors (Lipinski definition) is 3. The van der Waals surface area contributed by atoms with Crippen LogP contribution in [0.1, 0.15) is 35.5 Å². The van der Waals surface area contributed by atoms with Crippen molar-refractivity contribution in [3.8, 4) is 22.4 Å². The van der Waals surface area contributed by atoms with Crippen LogP contribution >= 0.6 is 0 Å². The van der Waals surface area contributed by atoms with Gasteiger partial charge in [-0.2, -0.15) is 0 Å². The zero-order valence-corrected chi connectivity index (χ0v) is 15.8. The molecule has 4 heteroatoms. The molecular weight excluding hydrogens is 334 g/mol. The summed E-state index contributed by atoms with van der Waals surface area (Å²) in [4.78, 5) is 16.4. The maximum Gasteiger partial charge on any atom is 0.248 e. The van der Waals surface area contributed by atoms with Gasteiger partial charge in [-0.25, -0.2) is 0 Å². The first kappa shape index (κ1) is 18.8. The van der Waals surface area contributed by atoms with Crippen molar-refractivity contribution < 1.29 is 4.79 Å². The topological polar surface area (TPSA) is 82.0 Å². The minimum absolute atomic E-state index is 0.437. The molecule has 3 rings (SSSR count). The van der Waals surface area contributed by atoms with Crippen molar-refractivity contribution in [2.24, 2.45) is 17.4 Å². The largest absolute Gasteiger partial charge is 0.366 e. The molecule has 1 heterocycles. The molecule has 3 aromatic rings. The van der Waals surface area contributed by atoms with Gasteiger partial charge in [-0.1, -0.05) is 50.2 Å². The number of benzene rings is 2. The lowest BCUT2D eigenvalue weighted by Crippen LogP contribution is -2.10. The first-order chi connectivity index (χ1) is 13.0. The first-order valence-corrected chi connectivity index (χ1v) is 9.17. The predicted molar refractivity (Wildman–Crippen MR) is 110 cm³/mol. The maximum atomic E-state index is 11.5. The fraction of sp³-hybridized carbons (Fsp3) is 0.217. The number of carbonyl (C=O) groups is 1. The van der Waals surface area contributed by atoms with Gasteiger partial charge in [-0.15, -0.1) is 0 Å². The van der Waals surface area contributed by atoms with Crippen molar-refractivity contribution in [1.29, 1.82) is 0 Å². The van der Waals surface area contributed by atoms with Crippen LogP contribution < -0.4 is 11.5 Å². The quantitative estimate of drug-likeness (QED) is 0.693. The summed E-state index contributed by atoms with van der Waals surface area (Å²) >= 11 is 0. The highest BCUT2D eigenvalue weighted by Crippen LogP contribution is 2.28. The summed E-state index contributed by atoms with van der Waals surface area (Å²) in [6, 6.07) is 19.8. The highest BCUT2D eigenvalue weighted by atomic mass is 16.1. The highest BCUT2D eigenvalue weighted by Gasteiger charge is 2.10. The van der Waals surface area contributed by atoms with Crippen LogP contribution in [0.15, 0.2) is 60.7 Å². The zero-order valence-electron chi connectivity index (χ0n) is 15.8. The van der Waals surface area contributed by atoms with Gasteiger partial charge in [0.25, 0.3) is 0 Å². The summed E-state index contributed by atoms with van der Waals surface area (Å²) < 4.78 is 0. The average molecular weight is 359 g/mol. The van der Waals surface area contributed by atoms with E-state index in [4.69, 9.17) is 16.5 Å². The van der Waals surface area contributed by atoms with Gasteiger partial charge < -0.3 is 11.5 Å². The molecule has 2 aromatic carbocycles. The predicted octanol–water partition coefficient (Wildman–Crippen LogP) is 4.17. The van der Waals surface area contributed by atoms with Crippen molar-refractivity contribution in [2.75, 3.05) is 0 Å². The van der Waals surface area contributed by atoms with E-state index in [1.807, 2.05) is 24.3 Å². The van der Waals surface area contributed by atoms with E-state index in [9.17, 15) is 4.79 Å². The lowest BCUT2D eigenvalue weighted by molar-refractivity contribution is 0.100. The standard InChI is InChI=1S/C23H25N3O/c1-15(2)10-21-12-20(17-8-6-16(14-24)7-9-17)13-22(26-21)18-4-3-5-19(11-18)23(25)27/h3-9,11-13,15H,10,14,24H2,1-2H3,(H2,25,27). The Morgan fingerprint density at radius 2 is 1.70 bits per heavy atom. The van der Waals surface area contributed by atoms with E-state index in [2.05, 4.69) is 38.1 Å². The second kappa shape index (κ2) is 8.14. The normalized spacial score (nSPS) is 11.0. The van der Waals surface area contributed by atoms with Gasteiger partial charge in [0, 0.05) is 23.4 Å². The molecule has 138 valence electrons. The smallest absolute Gasteiger partial charge is 0.248 e. The van der Waals surface area contributed by atoms with Gasteiger partial charge in [-0.3, -0.25) is 9.78 Å². The lowest BCUT2D eigenvalue weighted by atomic mass is 9.98. The fourth-order valence-electron chi connectivity index (χ4n) is 3.09. The monoisotopic (exact) mass is 359 g/mol. The number of nitrogens with zero attached hydrogens (tertiary/aromatic N) is 1. The van der Waals surface area contributed by atoms with Gasteiger partial charge in [0.2, 0.25) is 5.91 Å². The van der Waals surface area contributed by atoms with E-state index in [1.165, 1.54) is 0 Å². The Bertz CT molecular complexity index is 946. The third-order valence-corrected chi connectivity index (χ3v) is 4.46. The summed E-state index contributed by atoms with van der Waals surface area (Å²) in [7, 11) is 0. The Balaban J connectivity index is 2.10. The van der Waals surface area contributed by atoms with Crippen molar-refractivity contribution in [3.05, 3.63) is 77.5 Å². The maximum absolute atomic E-state index is 11.5. The molecule has 1 aromatic heterocycles. The van der Waals surface area contributed by atoms with Crippen LogP contribution in [0.2, 0.25) is 0 Å². The number of amides is 1. The number of pyridine rings is 1. The minimum atomic E-state index is -0.437. The van der Waals surface area contributed by atoms with Gasteiger partial charge in [0.1, 0.15) is 0 Å². The van der Waals surface area contributed by atoms with Crippen LogP contribution in [0, 0.1) is 5.92 Å². The molecule has 0 bridgehead atoms. The molecule has 0 aliphatic rings. The molecule has 0 unspecified atom stereocenters. The van der Waals surface area contributed by atoms with Crippen molar-refractivity contribution in [1.82, 2.24) is 4.98 Å². The van der Waals surface area contributed by atoms with Gasteiger partial charge >= 0.3 is 0 Å². The van der Waals surface area contributed by atoms with Crippen LogP contribution in [-0.2, 0) is 13.0 Å². The zero-order chi connectivity index (χ0) is 19.4. The number of rotatable bonds is 6. The fourth-order valence-corrected chi connectivity index (χ4v) is 3.09. The van der Waals surface area contributed by atoms with E-state index in [0.717, 1.165) is 40.1 Å². The molecule has 4 N–H and O–H groups in total. The number of nitrogens with two attached hydrogens (primary N) is 2. The number of carbonyl (C=O) groups excluding carboxylic acids is 1. The van der Waals surface area contributed by atoms with Crippen LogP contribution in [-0.4, -0.2) is 10.9 Å². The molecular formula is C23H25N3O. The van der Waals surface area contributed by atoms with Crippen LogP contribution in [0.3, 0.4) is 0 Å². The van der Waals surface area contributed by atoms with Gasteiger partial charge in [-0.05, 0) is 53.3 Å². The molecule has 0 saturated carbocycles. The number of primary amides is 1. The van der Waals surface area contributed by atoms with E-state index in [1.54, 1.807) is 12.1 Å². The Morgan fingerprint density at radius 1 is 0.963 bits per heavy atom. The third kappa shape index (κ3) is 4.60. The molecule has 27 heavy (non-hydrogen) atoms. The lowest BCUT2D eigenvalue weighted by Gasteiger charge is -2.12. The Labute approximate surface area is 160 Å². The minimum Gasteiger partial charge on any atom is -0.366 e. The molecule has 0 aliphatic carbocycles. The molecule has 0 aliphatic heterocycles. The Morgan fingerprint density at radius 3 is 2.33 bits per heavy atom. The molecule has 0 atom stereocenters. The first-order valence-electron chi connectivity index (χ1n) is 9.17. The van der Waals surface area contributed by atoms with E-state index >= 15 is 0 Å². The van der Waals surface area contributed by atoms with E-state index in [-0.39, 0.29) is 0 Å². The molecule has 0 fully saturated rings. The number of hydrogen-bond donors (Lipinski definition) is 2. The third-order valence-electron chi connectivity index (χ3n) is 4.46. The second-order valence-electron chi connectivity index (χ2n) is 7.18. The second-order valence-corrected chi connectivity index (χ2v) is 7.18. The Kier molecular flexibility index (Phi) is 5.67. The summed E-state index contributed by atoms with van der Waals surface area (Å²) in [6.07, 6.45) is 0.886. The summed E-state index contributed by atoms with van der Waals surface area (Å²) in [5.74, 6) is 0.0601. The van der Waals surface area contributed by atoms with Crippen molar-refractivity contribution in [2.45, 2.75) is 26.8 Å². The Hall–Kier alpha value is -2.98. The van der Waals surface area contributed by atoms with Crippen molar-refractivity contribution in [3.63, 3.8) is 0 Å². The molecule has 0 spiro atoms. The SMILES string of the molecule is CC(C)Cc1cc(-c2ccc(CN)cc2)cc(-c2cccc(C(N)=O)c2)n1. The highest BCUT2D eigenvalue weighted by molar-refractivity contribution is 5.94. The van der Waals surface area contributed by atoms with Gasteiger partial charge in [0.05, 0.1) is 5.69 Å². The van der Waals surface area contributed by atoms with Crippen molar-refractivity contribution >= 4 is 5.91 Å². The summed E-state index contributed by atoms with van der Waals surface area (Å²) in [5.41, 5.74) is 17.7. The summed E-state index contributed by atoms with van der Waals surface area (Å²) in [5, 5.41) is 0.